The van der Waals surface area contributed by atoms with Crippen LogP contribution in [0.2, 0.25) is 0 Å². The molecule has 5 heteroatoms. The van der Waals surface area contributed by atoms with E-state index in [0.717, 1.165) is 38.2 Å². The number of aliphatic hydroxyl groups excluding tert-OH is 1. The van der Waals surface area contributed by atoms with Gasteiger partial charge in [0.2, 0.25) is 0 Å². The monoisotopic (exact) mass is 306 g/mol. The lowest BCUT2D eigenvalue weighted by Gasteiger charge is -2.32. The van der Waals surface area contributed by atoms with E-state index < -0.39 is 29.2 Å². The predicted octanol–water partition coefficient (Wildman–Crippen LogP) is 5.34. The van der Waals surface area contributed by atoms with Gasteiger partial charge < -0.3 is 5.11 Å². The highest BCUT2D eigenvalue weighted by molar-refractivity contribution is 5.95. The summed E-state index contributed by atoms with van der Waals surface area (Å²) in [5.41, 5.74) is -1.97. The Kier molecular flexibility index (Phi) is 5.51. The van der Waals surface area contributed by atoms with E-state index >= 15 is 0 Å². The van der Waals surface area contributed by atoms with Crippen LogP contribution in [-0.4, -0.2) is 17.1 Å². The minimum atomic E-state index is -4.37. The molecule has 0 radical (unpaired) electrons. The van der Waals surface area contributed by atoms with Crippen LogP contribution in [0.25, 0.3) is 0 Å². The summed E-state index contributed by atoms with van der Waals surface area (Å²) in [6.07, 6.45) is 0.121. The van der Waals surface area contributed by atoms with Crippen molar-refractivity contribution in [2.45, 2.75) is 71.9 Å². The van der Waals surface area contributed by atoms with Crippen molar-refractivity contribution in [1.82, 2.24) is 0 Å². The highest BCUT2D eigenvalue weighted by atomic mass is 19.4. The summed E-state index contributed by atoms with van der Waals surface area (Å²) >= 11 is 0. The lowest BCUT2D eigenvalue weighted by molar-refractivity contribution is -0.156. The fraction of sp³-hybridized carbons (Fsp3) is 0.812. The zero-order valence-corrected chi connectivity index (χ0v) is 13.0. The van der Waals surface area contributed by atoms with E-state index in [-0.39, 0.29) is 12.2 Å². The van der Waals surface area contributed by atoms with Crippen LogP contribution in [0.3, 0.4) is 0 Å². The number of halogens is 3. The molecule has 0 bridgehead atoms. The van der Waals surface area contributed by atoms with Gasteiger partial charge in [0.1, 0.15) is 5.76 Å². The first-order chi connectivity index (χ1) is 9.52. The van der Waals surface area contributed by atoms with Gasteiger partial charge in [0, 0.05) is 16.9 Å². The maximum atomic E-state index is 12.6. The summed E-state index contributed by atoms with van der Waals surface area (Å²) in [6.45, 7) is 4.77. The van der Waals surface area contributed by atoms with Gasteiger partial charge in [-0.25, -0.2) is 0 Å². The highest BCUT2D eigenvalue weighted by Crippen LogP contribution is 2.42. The van der Waals surface area contributed by atoms with Gasteiger partial charge in [-0.15, -0.1) is 0 Å². The Balaban J connectivity index is 2.92. The maximum absolute atomic E-state index is 12.6. The quantitative estimate of drug-likeness (QED) is 0.550. The molecule has 122 valence electrons. The summed E-state index contributed by atoms with van der Waals surface area (Å²) in [4.78, 5) is 12.3. The molecule has 0 aromatic carbocycles. The first-order valence-corrected chi connectivity index (χ1v) is 7.55. The Hall–Kier alpha value is -1.00. The van der Waals surface area contributed by atoms with Crippen LogP contribution < -0.4 is 0 Å². The van der Waals surface area contributed by atoms with Gasteiger partial charge in [-0.2, -0.15) is 13.2 Å². The van der Waals surface area contributed by atoms with E-state index in [9.17, 15) is 23.1 Å². The van der Waals surface area contributed by atoms with Crippen LogP contribution in [-0.2, 0) is 4.79 Å². The average molecular weight is 306 g/mol. The molecule has 0 spiro atoms. The second-order valence-corrected chi connectivity index (χ2v) is 6.72. The molecule has 1 aliphatic rings. The molecule has 1 atom stereocenters. The molecule has 0 heterocycles. The highest BCUT2D eigenvalue weighted by Gasteiger charge is 2.42. The number of aliphatic hydroxyl groups is 1. The van der Waals surface area contributed by atoms with Gasteiger partial charge in [0.15, 0.2) is 5.78 Å². The van der Waals surface area contributed by atoms with Crippen molar-refractivity contribution in [3.63, 3.8) is 0 Å². The molecule has 1 aliphatic carbocycles. The predicted molar refractivity (Wildman–Crippen MR) is 76.0 cm³/mol. The Bertz CT molecular complexity index is 406. The number of carbonyl (C=O) groups excluding carboxylic acids is 1. The third kappa shape index (κ3) is 4.75. The van der Waals surface area contributed by atoms with E-state index in [1.807, 2.05) is 6.92 Å². The second-order valence-electron chi connectivity index (χ2n) is 6.72. The Morgan fingerprint density at radius 3 is 2.19 bits per heavy atom. The lowest BCUT2D eigenvalue weighted by atomic mass is 9.71. The number of hydrogen-bond acceptors (Lipinski definition) is 2. The molecule has 0 saturated heterocycles. The number of ketones is 1. The third-order valence-electron chi connectivity index (χ3n) is 4.81. The standard InChI is InChI=1S/C16H25F3O2/c1-4-14(2,11-16(17,18)19)12(20)10-13(21)15(3)8-6-5-7-9-15/h10,20H,4-9,11H2,1-3H3/b12-10-. The van der Waals surface area contributed by atoms with Crippen LogP contribution in [0.5, 0.6) is 0 Å². The van der Waals surface area contributed by atoms with E-state index in [0.29, 0.717) is 0 Å². The fourth-order valence-corrected chi connectivity index (χ4v) is 2.89. The minimum Gasteiger partial charge on any atom is -0.512 e. The number of carbonyl (C=O) groups is 1. The number of hydrogen-bond donors (Lipinski definition) is 1. The summed E-state index contributed by atoms with van der Waals surface area (Å²) < 4.78 is 37.9. The Morgan fingerprint density at radius 2 is 1.76 bits per heavy atom. The van der Waals surface area contributed by atoms with Crippen LogP contribution in [0.4, 0.5) is 13.2 Å². The lowest BCUT2D eigenvalue weighted by Crippen LogP contribution is -2.31. The van der Waals surface area contributed by atoms with E-state index in [2.05, 4.69) is 0 Å². The zero-order valence-electron chi connectivity index (χ0n) is 13.0. The van der Waals surface area contributed by atoms with Gasteiger partial charge in [-0.1, -0.05) is 40.0 Å². The first kappa shape index (κ1) is 18.1. The molecular formula is C16H25F3O2. The van der Waals surface area contributed by atoms with E-state index in [4.69, 9.17) is 0 Å². The maximum Gasteiger partial charge on any atom is 0.390 e. The largest absolute Gasteiger partial charge is 0.512 e. The molecule has 0 aromatic rings. The minimum absolute atomic E-state index is 0.124. The summed E-state index contributed by atoms with van der Waals surface area (Å²) in [7, 11) is 0. The van der Waals surface area contributed by atoms with Crippen LogP contribution >= 0.6 is 0 Å². The van der Waals surface area contributed by atoms with Crippen molar-refractivity contribution >= 4 is 5.78 Å². The number of rotatable bonds is 5. The molecule has 21 heavy (non-hydrogen) atoms. The zero-order chi connectivity index (χ0) is 16.3. The normalized spacial score (nSPS) is 22.7. The molecule has 0 aliphatic heterocycles. The van der Waals surface area contributed by atoms with Gasteiger partial charge in [-0.05, 0) is 19.3 Å². The SMILES string of the molecule is CCC(C)(CC(F)(F)F)/C(O)=C/C(=O)C1(C)CCCCC1. The molecule has 1 rings (SSSR count). The molecule has 0 amide bonds. The molecule has 1 unspecified atom stereocenters. The van der Waals surface area contributed by atoms with Crippen molar-refractivity contribution < 1.29 is 23.1 Å². The first-order valence-electron chi connectivity index (χ1n) is 7.55. The van der Waals surface area contributed by atoms with Crippen LogP contribution in [0.1, 0.15) is 65.7 Å². The smallest absolute Gasteiger partial charge is 0.390 e. The molecule has 1 fully saturated rings. The molecule has 1 N–H and O–H groups in total. The van der Waals surface area contributed by atoms with Gasteiger partial charge in [0.05, 0.1) is 6.42 Å². The van der Waals surface area contributed by atoms with Gasteiger partial charge >= 0.3 is 6.18 Å². The van der Waals surface area contributed by atoms with Crippen LogP contribution in [0, 0.1) is 10.8 Å². The van der Waals surface area contributed by atoms with E-state index in [1.54, 1.807) is 6.92 Å². The van der Waals surface area contributed by atoms with E-state index in [1.165, 1.54) is 6.92 Å². The van der Waals surface area contributed by atoms with Crippen molar-refractivity contribution in [2.75, 3.05) is 0 Å². The number of alkyl halides is 3. The summed E-state index contributed by atoms with van der Waals surface area (Å²) in [5, 5.41) is 10.1. The van der Waals surface area contributed by atoms with Crippen molar-refractivity contribution in [3.8, 4) is 0 Å². The van der Waals surface area contributed by atoms with Gasteiger partial charge in [0.25, 0.3) is 0 Å². The summed E-state index contributed by atoms with van der Waals surface area (Å²) in [5.74, 6) is -0.694. The summed E-state index contributed by atoms with van der Waals surface area (Å²) in [6, 6.07) is 0. The van der Waals surface area contributed by atoms with Crippen molar-refractivity contribution in [1.29, 1.82) is 0 Å². The number of allylic oxidation sites excluding steroid dienone is 2. The fourth-order valence-electron chi connectivity index (χ4n) is 2.89. The van der Waals surface area contributed by atoms with Crippen molar-refractivity contribution in [3.05, 3.63) is 11.8 Å². The molecule has 0 aromatic heterocycles. The molecule has 2 nitrogen and oxygen atoms in total. The van der Waals surface area contributed by atoms with Gasteiger partial charge in [-0.3, -0.25) is 4.79 Å². The second kappa shape index (κ2) is 6.41. The third-order valence-corrected chi connectivity index (χ3v) is 4.81. The topological polar surface area (TPSA) is 37.3 Å². The Labute approximate surface area is 124 Å². The van der Waals surface area contributed by atoms with Crippen LogP contribution in [0.15, 0.2) is 11.8 Å². The van der Waals surface area contributed by atoms with Crippen molar-refractivity contribution in [2.24, 2.45) is 10.8 Å². The average Bonchev–Trinajstić information content (AvgIpc) is 2.37. The Morgan fingerprint density at radius 1 is 1.24 bits per heavy atom. The molecule has 1 saturated carbocycles. The molecular weight excluding hydrogens is 281 g/mol.